The highest BCUT2D eigenvalue weighted by molar-refractivity contribution is 5.25. The summed E-state index contributed by atoms with van der Waals surface area (Å²) in [6, 6.07) is 5.53. The third kappa shape index (κ3) is 6.51. The summed E-state index contributed by atoms with van der Waals surface area (Å²) < 4.78 is 37.7. The molecule has 0 amide bonds. The van der Waals surface area contributed by atoms with Crippen molar-refractivity contribution < 1.29 is 13.2 Å². The van der Waals surface area contributed by atoms with Gasteiger partial charge < -0.3 is 5.32 Å². The largest absolute Gasteiger partial charge is 0.416 e. The molecule has 0 aliphatic rings. The van der Waals surface area contributed by atoms with Gasteiger partial charge in [0.1, 0.15) is 0 Å². The Morgan fingerprint density at radius 3 is 1.90 bits per heavy atom. The summed E-state index contributed by atoms with van der Waals surface area (Å²) in [6.07, 6.45) is -3.47. The van der Waals surface area contributed by atoms with Crippen LogP contribution in [0.1, 0.15) is 45.7 Å². The quantitative estimate of drug-likeness (QED) is 0.815. The Labute approximate surface area is 125 Å². The summed E-state index contributed by atoms with van der Waals surface area (Å²) in [4.78, 5) is 0. The van der Waals surface area contributed by atoms with Gasteiger partial charge in [0.05, 0.1) is 5.56 Å². The highest BCUT2D eigenvalue weighted by atomic mass is 19.4. The second-order valence-corrected chi connectivity index (χ2v) is 7.03. The van der Waals surface area contributed by atoms with Gasteiger partial charge in [-0.25, -0.2) is 0 Å². The van der Waals surface area contributed by atoms with Gasteiger partial charge in [-0.15, -0.1) is 0 Å². The Hall–Kier alpha value is -1.03. The van der Waals surface area contributed by atoms with Crippen LogP contribution in [0.15, 0.2) is 24.3 Å². The number of rotatable bonds is 5. The first-order valence-electron chi connectivity index (χ1n) is 7.40. The maximum Gasteiger partial charge on any atom is 0.416 e. The van der Waals surface area contributed by atoms with Gasteiger partial charge in [0, 0.05) is 5.54 Å². The summed E-state index contributed by atoms with van der Waals surface area (Å²) in [5.74, 6) is 0.878. The van der Waals surface area contributed by atoms with E-state index >= 15 is 0 Å². The van der Waals surface area contributed by atoms with Crippen molar-refractivity contribution in [3.05, 3.63) is 35.4 Å². The Balaban J connectivity index is 2.71. The fourth-order valence-corrected chi connectivity index (χ4v) is 2.11. The van der Waals surface area contributed by atoms with Crippen molar-refractivity contribution in [1.29, 1.82) is 0 Å². The van der Waals surface area contributed by atoms with Gasteiger partial charge in [-0.1, -0.05) is 26.0 Å². The molecule has 21 heavy (non-hydrogen) atoms. The summed E-state index contributed by atoms with van der Waals surface area (Å²) in [5.41, 5.74) is 0.422. The molecule has 0 aliphatic heterocycles. The molecule has 0 saturated heterocycles. The molecule has 0 aromatic heterocycles. The summed E-state index contributed by atoms with van der Waals surface area (Å²) in [6.45, 7) is 11.5. The van der Waals surface area contributed by atoms with Crippen LogP contribution in [0.4, 0.5) is 13.2 Å². The van der Waals surface area contributed by atoms with Gasteiger partial charge in [-0.3, -0.25) is 0 Å². The van der Waals surface area contributed by atoms with E-state index in [9.17, 15) is 13.2 Å². The van der Waals surface area contributed by atoms with E-state index < -0.39 is 11.7 Å². The zero-order valence-corrected chi connectivity index (χ0v) is 13.5. The van der Waals surface area contributed by atoms with Crippen LogP contribution in [-0.4, -0.2) is 12.1 Å². The van der Waals surface area contributed by atoms with Crippen molar-refractivity contribution in [3.63, 3.8) is 0 Å². The third-order valence-corrected chi connectivity index (χ3v) is 3.62. The van der Waals surface area contributed by atoms with Crippen LogP contribution >= 0.6 is 0 Å². The van der Waals surface area contributed by atoms with E-state index in [4.69, 9.17) is 0 Å². The number of nitrogens with one attached hydrogen (secondary N) is 1. The lowest BCUT2D eigenvalue weighted by Gasteiger charge is -2.27. The molecule has 1 unspecified atom stereocenters. The fourth-order valence-electron chi connectivity index (χ4n) is 2.11. The zero-order valence-electron chi connectivity index (χ0n) is 13.5. The molecule has 120 valence electrons. The first kappa shape index (κ1) is 18.0. The van der Waals surface area contributed by atoms with Crippen molar-refractivity contribution in [2.45, 2.75) is 52.8 Å². The first-order chi connectivity index (χ1) is 9.49. The molecule has 0 saturated carbocycles. The predicted octanol–water partition coefficient (Wildman–Crippen LogP) is 4.91. The molecule has 1 atom stereocenters. The van der Waals surface area contributed by atoms with Crippen molar-refractivity contribution in [1.82, 2.24) is 5.32 Å². The second kappa shape index (κ2) is 6.82. The number of halogens is 3. The topological polar surface area (TPSA) is 12.0 Å². The minimum atomic E-state index is -4.26. The Kier molecular flexibility index (Phi) is 5.85. The van der Waals surface area contributed by atoms with Gasteiger partial charge >= 0.3 is 6.18 Å². The molecule has 1 rings (SSSR count). The molecule has 1 nitrogen and oxygen atoms in total. The van der Waals surface area contributed by atoms with Gasteiger partial charge in [-0.05, 0) is 63.3 Å². The van der Waals surface area contributed by atoms with Crippen LogP contribution in [0.5, 0.6) is 0 Å². The van der Waals surface area contributed by atoms with E-state index in [-0.39, 0.29) is 5.54 Å². The molecular weight excluding hydrogens is 275 g/mol. The number of hydrogen-bond donors (Lipinski definition) is 1. The van der Waals surface area contributed by atoms with Crippen molar-refractivity contribution in [2.24, 2.45) is 11.8 Å². The monoisotopic (exact) mass is 301 g/mol. The molecule has 0 bridgehead atoms. The predicted molar refractivity (Wildman–Crippen MR) is 81.2 cm³/mol. The van der Waals surface area contributed by atoms with E-state index in [1.807, 2.05) is 0 Å². The highest BCUT2D eigenvalue weighted by Crippen LogP contribution is 2.29. The number of hydrogen-bond acceptors (Lipinski definition) is 1. The van der Waals surface area contributed by atoms with E-state index in [1.54, 1.807) is 12.1 Å². The van der Waals surface area contributed by atoms with Crippen LogP contribution in [0, 0.1) is 11.8 Å². The molecular formula is C17H26F3N. The van der Waals surface area contributed by atoms with Gasteiger partial charge in [0.25, 0.3) is 0 Å². The van der Waals surface area contributed by atoms with E-state index in [1.165, 1.54) is 12.1 Å². The third-order valence-electron chi connectivity index (χ3n) is 3.62. The molecule has 4 heteroatoms. The van der Waals surface area contributed by atoms with Crippen LogP contribution in [0.25, 0.3) is 0 Å². The normalized spacial score (nSPS) is 14.5. The highest BCUT2D eigenvalue weighted by Gasteiger charge is 2.30. The van der Waals surface area contributed by atoms with Crippen LogP contribution in [0.3, 0.4) is 0 Å². The minimum Gasteiger partial charge on any atom is -0.312 e. The molecule has 0 spiro atoms. The van der Waals surface area contributed by atoms with Crippen LogP contribution in [-0.2, 0) is 12.6 Å². The van der Waals surface area contributed by atoms with Crippen LogP contribution < -0.4 is 5.32 Å². The lowest BCUT2D eigenvalue weighted by atomic mass is 9.88. The molecule has 0 aliphatic carbocycles. The van der Waals surface area contributed by atoms with E-state index in [0.717, 1.165) is 18.5 Å². The Morgan fingerprint density at radius 1 is 1.00 bits per heavy atom. The summed E-state index contributed by atoms with van der Waals surface area (Å²) in [7, 11) is 0. The average molecular weight is 301 g/mol. The molecule has 1 N–H and O–H groups in total. The Morgan fingerprint density at radius 2 is 1.52 bits per heavy atom. The standard InChI is InChI=1S/C17H26F3N/c1-12(2)14(11-21-16(3,4)5)10-13-6-8-15(9-7-13)17(18,19)20/h6-9,12,14,21H,10-11H2,1-5H3. The van der Waals surface area contributed by atoms with Gasteiger partial charge in [0.2, 0.25) is 0 Å². The minimum absolute atomic E-state index is 0.0489. The summed E-state index contributed by atoms with van der Waals surface area (Å²) in [5, 5.41) is 3.48. The van der Waals surface area contributed by atoms with Crippen molar-refractivity contribution in [2.75, 3.05) is 6.54 Å². The van der Waals surface area contributed by atoms with E-state index in [2.05, 4.69) is 39.9 Å². The fraction of sp³-hybridized carbons (Fsp3) is 0.647. The molecule has 0 heterocycles. The molecule has 0 fully saturated rings. The van der Waals surface area contributed by atoms with Gasteiger partial charge in [-0.2, -0.15) is 13.2 Å². The lowest BCUT2D eigenvalue weighted by molar-refractivity contribution is -0.137. The number of benzene rings is 1. The van der Waals surface area contributed by atoms with Gasteiger partial charge in [0.15, 0.2) is 0 Å². The van der Waals surface area contributed by atoms with Crippen molar-refractivity contribution in [3.8, 4) is 0 Å². The second-order valence-electron chi connectivity index (χ2n) is 7.03. The first-order valence-corrected chi connectivity index (χ1v) is 7.40. The smallest absolute Gasteiger partial charge is 0.312 e. The zero-order chi connectivity index (χ0) is 16.3. The maximum atomic E-state index is 12.6. The molecule has 1 aromatic carbocycles. The Bertz CT molecular complexity index is 427. The maximum absolute atomic E-state index is 12.6. The average Bonchev–Trinajstić information content (AvgIpc) is 2.32. The molecule has 0 radical (unpaired) electrons. The SMILES string of the molecule is CC(C)C(CNC(C)(C)C)Cc1ccc(C(F)(F)F)cc1. The van der Waals surface area contributed by atoms with Crippen molar-refractivity contribution >= 4 is 0 Å². The van der Waals surface area contributed by atoms with E-state index in [0.29, 0.717) is 11.8 Å². The molecule has 1 aromatic rings. The lowest BCUT2D eigenvalue weighted by Crippen LogP contribution is -2.40. The summed E-state index contributed by atoms with van der Waals surface area (Å²) >= 11 is 0. The number of alkyl halides is 3. The van der Waals surface area contributed by atoms with Crippen LogP contribution in [0.2, 0.25) is 0 Å².